The molecule has 0 radical (unpaired) electrons. The van der Waals surface area contributed by atoms with Gasteiger partial charge in [-0.2, -0.15) is 0 Å². The van der Waals surface area contributed by atoms with Gasteiger partial charge in [-0.3, -0.25) is 0 Å². The summed E-state index contributed by atoms with van der Waals surface area (Å²) < 4.78 is 4.69. The number of carbonyl (C=O) groups excluding carboxylic acids is 1. The van der Waals surface area contributed by atoms with E-state index >= 15 is 0 Å². The van der Waals surface area contributed by atoms with E-state index in [9.17, 15) is 4.79 Å². The second kappa shape index (κ2) is 18.1. The van der Waals surface area contributed by atoms with Gasteiger partial charge < -0.3 is 10.5 Å². The number of carbonyl (C=O) groups is 1. The Balaban J connectivity index is 3.06. The molecule has 130 valence electrons. The van der Waals surface area contributed by atoms with Crippen molar-refractivity contribution in [2.24, 2.45) is 5.73 Å². The Labute approximate surface area is 137 Å². The molecule has 0 saturated heterocycles. The lowest BCUT2D eigenvalue weighted by Gasteiger charge is -2.01. The van der Waals surface area contributed by atoms with Crippen LogP contribution >= 0.6 is 0 Å². The molecule has 0 spiro atoms. The number of hydrogen-bond acceptors (Lipinski definition) is 2. The van der Waals surface area contributed by atoms with Crippen molar-refractivity contribution in [3.05, 3.63) is 12.2 Å². The fourth-order valence-corrected chi connectivity index (χ4v) is 2.52. The SMILES string of the molecule is CCCCCCCC/C=C/CCCCCCCCOC(N)=O. The van der Waals surface area contributed by atoms with Gasteiger partial charge >= 0.3 is 6.09 Å². The van der Waals surface area contributed by atoms with Gasteiger partial charge in [0.15, 0.2) is 0 Å². The van der Waals surface area contributed by atoms with Gasteiger partial charge in [-0.25, -0.2) is 4.79 Å². The third-order valence-electron chi connectivity index (χ3n) is 3.90. The van der Waals surface area contributed by atoms with Crippen LogP contribution in [0.2, 0.25) is 0 Å². The predicted molar refractivity (Wildman–Crippen MR) is 95.0 cm³/mol. The lowest BCUT2D eigenvalue weighted by Crippen LogP contribution is -2.13. The highest BCUT2D eigenvalue weighted by atomic mass is 16.5. The molecule has 0 aliphatic heterocycles. The van der Waals surface area contributed by atoms with Gasteiger partial charge in [-0.15, -0.1) is 0 Å². The Hall–Kier alpha value is -0.990. The Kier molecular flexibility index (Phi) is 17.2. The summed E-state index contributed by atoms with van der Waals surface area (Å²) in [5.74, 6) is 0. The van der Waals surface area contributed by atoms with Gasteiger partial charge in [-0.05, 0) is 32.1 Å². The zero-order valence-corrected chi connectivity index (χ0v) is 14.7. The first-order valence-corrected chi connectivity index (χ1v) is 9.34. The average Bonchev–Trinajstić information content (AvgIpc) is 2.50. The second-order valence-corrected chi connectivity index (χ2v) is 6.11. The van der Waals surface area contributed by atoms with Crippen molar-refractivity contribution in [3.63, 3.8) is 0 Å². The fourth-order valence-electron chi connectivity index (χ4n) is 2.52. The molecule has 0 atom stereocenters. The van der Waals surface area contributed by atoms with E-state index in [0.717, 1.165) is 12.8 Å². The van der Waals surface area contributed by atoms with Crippen molar-refractivity contribution in [1.82, 2.24) is 0 Å². The molecule has 0 aliphatic rings. The van der Waals surface area contributed by atoms with Gasteiger partial charge in [0.1, 0.15) is 0 Å². The molecule has 1 amide bonds. The van der Waals surface area contributed by atoms with Crippen LogP contribution < -0.4 is 5.73 Å². The van der Waals surface area contributed by atoms with Crippen LogP contribution in [0.25, 0.3) is 0 Å². The molecule has 0 rings (SSSR count). The van der Waals surface area contributed by atoms with Crippen molar-refractivity contribution in [1.29, 1.82) is 0 Å². The summed E-state index contributed by atoms with van der Waals surface area (Å²) in [7, 11) is 0. The van der Waals surface area contributed by atoms with Crippen LogP contribution in [0.5, 0.6) is 0 Å². The van der Waals surface area contributed by atoms with E-state index in [4.69, 9.17) is 10.5 Å². The van der Waals surface area contributed by atoms with Crippen LogP contribution in [0, 0.1) is 0 Å². The van der Waals surface area contributed by atoms with Gasteiger partial charge in [0.25, 0.3) is 0 Å². The zero-order valence-electron chi connectivity index (χ0n) is 14.7. The first-order valence-electron chi connectivity index (χ1n) is 9.34. The molecule has 0 heterocycles. The molecule has 3 heteroatoms. The highest BCUT2D eigenvalue weighted by Gasteiger charge is 1.94. The van der Waals surface area contributed by atoms with Crippen molar-refractivity contribution in [3.8, 4) is 0 Å². The maximum Gasteiger partial charge on any atom is 0.404 e. The molecule has 0 aromatic carbocycles. The third-order valence-corrected chi connectivity index (χ3v) is 3.90. The van der Waals surface area contributed by atoms with Crippen LogP contribution in [-0.2, 0) is 4.74 Å². The number of ether oxygens (including phenoxy) is 1. The monoisotopic (exact) mass is 311 g/mol. The number of hydrogen-bond donors (Lipinski definition) is 1. The molecule has 0 bridgehead atoms. The van der Waals surface area contributed by atoms with Crippen molar-refractivity contribution in [2.45, 2.75) is 96.8 Å². The standard InChI is InChI=1S/C19H37NO2/c1-2-3-4-5-6-7-8-9-10-11-12-13-14-15-16-17-18-22-19(20)21/h9-10H,2-8,11-18H2,1H3,(H2,20,21)/b10-9+. The van der Waals surface area contributed by atoms with Crippen molar-refractivity contribution >= 4 is 6.09 Å². The molecule has 3 nitrogen and oxygen atoms in total. The van der Waals surface area contributed by atoms with Gasteiger partial charge in [0.2, 0.25) is 0 Å². The normalized spacial score (nSPS) is 11.1. The van der Waals surface area contributed by atoms with E-state index in [1.807, 2.05) is 0 Å². The minimum absolute atomic E-state index is 0.469. The van der Waals surface area contributed by atoms with Crippen molar-refractivity contribution < 1.29 is 9.53 Å². The number of allylic oxidation sites excluding steroid dienone is 2. The van der Waals surface area contributed by atoms with Crippen LogP contribution in [-0.4, -0.2) is 12.7 Å². The molecule has 0 aromatic heterocycles. The molecule has 0 aromatic rings. The molecule has 2 N–H and O–H groups in total. The maximum absolute atomic E-state index is 10.4. The second-order valence-electron chi connectivity index (χ2n) is 6.11. The average molecular weight is 312 g/mol. The van der Waals surface area contributed by atoms with Crippen LogP contribution in [0.1, 0.15) is 96.8 Å². The Morgan fingerprint density at radius 2 is 1.23 bits per heavy atom. The van der Waals surface area contributed by atoms with E-state index < -0.39 is 6.09 Å². The lowest BCUT2D eigenvalue weighted by molar-refractivity contribution is 0.154. The first-order chi connectivity index (χ1) is 10.8. The summed E-state index contributed by atoms with van der Waals surface area (Å²) in [6, 6.07) is 0. The molecule has 0 aliphatic carbocycles. The summed E-state index contributed by atoms with van der Waals surface area (Å²) in [4.78, 5) is 10.4. The van der Waals surface area contributed by atoms with Crippen LogP contribution in [0.15, 0.2) is 12.2 Å². The number of primary amides is 1. The smallest absolute Gasteiger partial charge is 0.404 e. The minimum atomic E-state index is -0.659. The third kappa shape index (κ3) is 19.0. The predicted octanol–water partition coefficient (Wildman–Crippen LogP) is 6.12. The summed E-state index contributed by atoms with van der Waals surface area (Å²) in [5.41, 5.74) is 4.89. The summed E-state index contributed by atoms with van der Waals surface area (Å²) in [5, 5.41) is 0. The zero-order chi connectivity index (χ0) is 16.3. The largest absolute Gasteiger partial charge is 0.450 e. The summed E-state index contributed by atoms with van der Waals surface area (Å²) in [6.45, 7) is 2.73. The van der Waals surface area contributed by atoms with Gasteiger partial charge in [0.05, 0.1) is 6.61 Å². The summed E-state index contributed by atoms with van der Waals surface area (Å²) >= 11 is 0. The van der Waals surface area contributed by atoms with E-state index in [0.29, 0.717) is 6.61 Å². The number of amides is 1. The highest BCUT2D eigenvalue weighted by Crippen LogP contribution is 2.09. The lowest BCUT2D eigenvalue weighted by atomic mass is 10.1. The van der Waals surface area contributed by atoms with E-state index in [1.165, 1.54) is 77.0 Å². The number of rotatable bonds is 16. The fraction of sp³-hybridized carbons (Fsp3) is 0.842. The quantitative estimate of drug-likeness (QED) is 0.276. The Morgan fingerprint density at radius 3 is 1.73 bits per heavy atom. The van der Waals surface area contributed by atoms with E-state index in [2.05, 4.69) is 19.1 Å². The first kappa shape index (κ1) is 21.0. The number of unbranched alkanes of at least 4 members (excludes halogenated alkanes) is 12. The minimum Gasteiger partial charge on any atom is -0.450 e. The van der Waals surface area contributed by atoms with E-state index in [-0.39, 0.29) is 0 Å². The van der Waals surface area contributed by atoms with Crippen LogP contribution in [0.3, 0.4) is 0 Å². The van der Waals surface area contributed by atoms with Crippen molar-refractivity contribution in [2.75, 3.05) is 6.61 Å². The Morgan fingerprint density at radius 1 is 0.773 bits per heavy atom. The molecule has 0 saturated carbocycles. The van der Waals surface area contributed by atoms with Gasteiger partial charge in [0, 0.05) is 0 Å². The Bertz CT molecular complexity index is 264. The molecule has 22 heavy (non-hydrogen) atoms. The molecule has 0 fully saturated rings. The van der Waals surface area contributed by atoms with E-state index in [1.54, 1.807) is 0 Å². The van der Waals surface area contributed by atoms with Crippen LogP contribution in [0.4, 0.5) is 4.79 Å². The summed E-state index contributed by atoms with van der Waals surface area (Å²) in [6.07, 6.45) is 22.0. The molecule has 0 unspecified atom stereocenters. The number of nitrogens with two attached hydrogens (primary N) is 1. The molecular weight excluding hydrogens is 274 g/mol. The van der Waals surface area contributed by atoms with Gasteiger partial charge in [-0.1, -0.05) is 76.9 Å². The highest BCUT2D eigenvalue weighted by molar-refractivity contribution is 5.64. The maximum atomic E-state index is 10.4. The topological polar surface area (TPSA) is 52.3 Å². The molecular formula is C19H37NO2.